The highest BCUT2D eigenvalue weighted by atomic mass is 79.9. The van der Waals surface area contributed by atoms with E-state index in [0.29, 0.717) is 12.5 Å². The molecular weight excluding hydrogens is 328 g/mol. The third-order valence-corrected chi connectivity index (χ3v) is 4.68. The minimum atomic E-state index is -0.336. The van der Waals surface area contributed by atoms with Gasteiger partial charge in [-0.3, -0.25) is 4.79 Å². The zero-order chi connectivity index (χ0) is 15.3. The van der Waals surface area contributed by atoms with Gasteiger partial charge in [0, 0.05) is 16.9 Å². The van der Waals surface area contributed by atoms with Crippen LogP contribution in [-0.2, 0) is 10.3 Å². The van der Waals surface area contributed by atoms with E-state index in [9.17, 15) is 4.79 Å². The number of halogens is 1. The van der Waals surface area contributed by atoms with Gasteiger partial charge in [-0.15, -0.1) is 0 Å². The number of benzene rings is 1. The Morgan fingerprint density at radius 2 is 2.05 bits per heavy atom. The Hall–Kier alpha value is -0.870. The summed E-state index contributed by atoms with van der Waals surface area (Å²) in [7, 11) is 0. The summed E-state index contributed by atoms with van der Waals surface area (Å²) >= 11 is 3.44. The molecule has 0 bridgehead atoms. The number of carbonyl (C=O) groups excluding carboxylic acids is 1. The van der Waals surface area contributed by atoms with Gasteiger partial charge in [-0.25, -0.2) is 0 Å². The molecular formula is C17H25BrN2O. The van der Waals surface area contributed by atoms with Crippen LogP contribution < -0.4 is 10.6 Å². The second-order valence-corrected chi connectivity index (χ2v) is 7.28. The number of carbonyl (C=O) groups is 1. The van der Waals surface area contributed by atoms with Crippen LogP contribution in [-0.4, -0.2) is 18.5 Å². The molecule has 0 spiro atoms. The van der Waals surface area contributed by atoms with Gasteiger partial charge in [-0.2, -0.15) is 0 Å². The van der Waals surface area contributed by atoms with Crippen molar-refractivity contribution in [1.82, 2.24) is 10.6 Å². The molecule has 3 nitrogen and oxygen atoms in total. The minimum absolute atomic E-state index is 0.135. The van der Waals surface area contributed by atoms with Crippen LogP contribution in [0.15, 0.2) is 28.7 Å². The molecule has 0 radical (unpaired) electrons. The first kappa shape index (κ1) is 16.5. The van der Waals surface area contributed by atoms with E-state index in [1.807, 2.05) is 38.1 Å². The van der Waals surface area contributed by atoms with Crippen molar-refractivity contribution in [3.8, 4) is 0 Å². The Balaban J connectivity index is 1.84. The van der Waals surface area contributed by atoms with Crippen LogP contribution in [0.3, 0.4) is 0 Å². The molecule has 0 saturated carbocycles. The molecule has 116 valence electrons. The average Bonchev–Trinajstić information content (AvgIpc) is 2.46. The summed E-state index contributed by atoms with van der Waals surface area (Å²) in [5.74, 6) is 0.135. The molecule has 0 aliphatic carbocycles. The molecule has 1 aliphatic heterocycles. The standard InChI is InChI=1S/C17H25BrN2O/c1-17(2,13-6-8-14(18)9-7-13)20-16(21)11-10-15-5-3-4-12-19-15/h6-9,15,19H,3-5,10-12H2,1-2H3,(H,20,21). The molecule has 21 heavy (non-hydrogen) atoms. The van der Waals surface area contributed by atoms with Gasteiger partial charge < -0.3 is 10.6 Å². The number of piperidine rings is 1. The number of hydrogen-bond acceptors (Lipinski definition) is 2. The van der Waals surface area contributed by atoms with Crippen molar-refractivity contribution in [2.75, 3.05) is 6.54 Å². The first-order chi connectivity index (χ1) is 9.97. The maximum atomic E-state index is 12.2. The maximum absolute atomic E-state index is 12.2. The molecule has 1 heterocycles. The zero-order valence-electron chi connectivity index (χ0n) is 12.9. The van der Waals surface area contributed by atoms with Crippen LogP contribution >= 0.6 is 15.9 Å². The molecule has 1 amide bonds. The van der Waals surface area contributed by atoms with E-state index in [4.69, 9.17) is 0 Å². The molecule has 1 aliphatic rings. The molecule has 1 saturated heterocycles. The highest BCUT2D eigenvalue weighted by Crippen LogP contribution is 2.22. The van der Waals surface area contributed by atoms with Gasteiger partial charge in [0.15, 0.2) is 0 Å². The average molecular weight is 353 g/mol. The second-order valence-electron chi connectivity index (χ2n) is 6.37. The normalized spacial score (nSPS) is 19.3. The molecule has 1 fully saturated rings. The Kier molecular flexibility index (Phi) is 5.82. The molecule has 4 heteroatoms. The van der Waals surface area contributed by atoms with Gasteiger partial charge in [0.05, 0.1) is 5.54 Å². The van der Waals surface area contributed by atoms with E-state index in [1.54, 1.807) is 0 Å². The lowest BCUT2D eigenvalue weighted by molar-refractivity contribution is -0.123. The monoisotopic (exact) mass is 352 g/mol. The Bertz CT molecular complexity index is 464. The van der Waals surface area contributed by atoms with Crippen LogP contribution in [0.2, 0.25) is 0 Å². The number of hydrogen-bond donors (Lipinski definition) is 2. The largest absolute Gasteiger partial charge is 0.347 e. The van der Waals surface area contributed by atoms with Crippen molar-refractivity contribution < 1.29 is 4.79 Å². The highest BCUT2D eigenvalue weighted by molar-refractivity contribution is 9.10. The molecule has 0 aromatic heterocycles. The highest BCUT2D eigenvalue weighted by Gasteiger charge is 2.23. The third kappa shape index (κ3) is 5.11. The van der Waals surface area contributed by atoms with E-state index in [2.05, 4.69) is 26.6 Å². The van der Waals surface area contributed by atoms with Gasteiger partial charge in [0.2, 0.25) is 5.91 Å². The summed E-state index contributed by atoms with van der Waals surface area (Å²) < 4.78 is 1.05. The summed E-state index contributed by atoms with van der Waals surface area (Å²) in [6, 6.07) is 8.63. The Labute approximate surface area is 136 Å². The second kappa shape index (κ2) is 7.41. The first-order valence-electron chi connectivity index (χ1n) is 7.78. The van der Waals surface area contributed by atoms with Crippen LogP contribution in [0.25, 0.3) is 0 Å². The number of amides is 1. The van der Waals surface area contributed by atoms with Crippen molar-refractivity contribution >= 4 is 21.8 Å². The fraction of sp³-hybridized carbons (Fsp3) is 0.588. The summed E-state index contributed by atoms with van der Waals surface area (Å²) in [5, 5.41) is 6.64. The molecule has 1 aromatic carbocycles. The van der Waals surface area contributed by atoms with Crippen LogP contribution in [0.1, 0.15) is 51.5 Å². The SMILES string of the molecule is CC(C)(NC(=O)CCC1CCCCN1)c1ccc(Br)cc1. The van der Waals surface area contributed by atoms with E-state index < -0.39 is 0 Å². The van der Waals surface area contributed by atoms with E-state index in [-0.39, 0.29) is 11.4 Å². The number of nitrogens with one attached hydrogen (secondary N) is 2. The van der Waals surface area contributed by atoms with E-state index in [0.717, 1.165) is 23.0 Å². The molecule has 2 rings (SSSR count). The summed E-state index contributed by atoms with van der Waals surface area (Å²) in [6.45, 7) is 5.19. The van der Waals surface area contributed by atoms with Crippen molar-refractivity contribution in [3.05, 3.63) is 34.3 Å². The van der Waals surface area contributed by atoms with Crippen molar-refractivity contribution in [2.24, 2.45) is 0 Å². The van der Waals surface area contributed by atoms with Crippen molar-refractivity contribution in [3.63, 3.8) is 0 Å². The minimum Gasteiger partial charge on any atom is -0.347 e. The Morgan fingerprint density at radius 1 is 1.33 bits per heavy atom. The lowest BCUT2D eigenvalue weighted by Crippen LogP contribution is -2.42. The lowest BCUT2D eigenvalue weighted by atomic mass is 9.93. The molecule has 2 N–H and O–H groups in total. The number of rotatable bonds is 5. The fourth-order valence-corrected chi connectivity index (χ4v) is 3.09. The summed E-state index contributed by atoms with van der Waals surface area (Å²) in [6.07, 6.45) is 5.27. The quantitative estimate of drug-likeness (QED) is 0.847. The molecule has 1 atom stereocenters. The van der Waals surface area contributed by atoms with E-state index >= 15 is 0 Å². The Morgan fingerprint density at radius 3 is 2.67 bits per heavy atom. The predicted octanol–water partition coefficient (Wildman–Crippen LogP) is 3.72. The lowest BCUT2D eigenvalue weighted by Gasteiger charge is -2.28. The molecule has 1 unspecified atom stereocenters. The third-order valence-electron chi connectivity index (χ3n) is 4.15. The van der Waals surface area contributed by atoms with Gasteiger partial charge >= 0.3 is 0 Å². The van der Waals surface area contributed by atoms with Gasteiger partial charge in [0.1, 0.15) is 0 Å². The first-order valence-corrected chi connectivity index (χ1v) is 8.57. The smallest absolute Gasteiger partial charge is 0.220 e. The topological polar surface area (TPSA) is 41.1 Å². The van der Waals surface area contributed by atoms with Crippen LogP contribution in [0, 0.1) is 0 Å². The van der Waals surface area contributed by atoms with Gasteiger partial charge in [-0.1, -0.05) is 34.5 Å². The van der Waals surface area contributed by atoms with Gasteiger partial charge in [-0.05, 0) is 57.4 Å². The molecule has 1 aromatic rings. The van der Waals surface area contributed by atoms with Crippen molar-refractivity contribution in [1.29, 1.82) is 0 Å². The predicted molar refractivity (Wildman–Crippen MR) is 90.2 cm³/mol. The van der Waals surface area contributed by atoms with Gasteiger partial charge in [0.25, 0.3) is 0 Å². The maximum Gasteiger partial charge on any atom is 0.220 e. The van der Waals surface area contributed by atoms with Crippen LogP contribution in [0.4, 0.5) is 0 Å². The van der Waals surface area contributed by atoms with E-state index in [1.165, 1.54) is 19.3 Å². The fourth-order valence-electron chi connectivity index (χ4n) is 2.83. The van der Waals surface area contributed by atoms with Crippen molar-refractivity contribution in [2.45, 2.75) is 57.5 Å². The summed E-state index contributed by atoms with van der Waals surface area (Å²) in [4.78, 5) is 12.2. The van der Waals surface area contributed by atoms with Crippen LogP contribution in [0.5, 0.6) is 0 Å². The zero-order valence-corrected chi connectivity index (χ0v) is 14.5. The summed E-state index contributed by atoms with van der Waals surface area (Å²) in [5.41, 5.74) is 0.785.